The first-order valence-electron chi connectivity index (χ1n) is 5.69. The normalized spacial score (nSPS) is 10.9. The van der Waals surface area contributed by atoms with Crippen molar-refractivity contribution in [3.63, 3.8) is 0 Å². The van der Waals surface area contributed by atoms with E-state index in [1.807, 2.05) is 12.3 Å². The van der Waals surface area contributed by atoms with Gasteiger partial charge in [-0.15, -0.1) is 11.3 Å². The molecule has 0 aliphatic heterocycles. The minimum absolute atomic E-state index is 0.273. The topological polar surface area (TPSA) is 64.9 Å². The Kier molecular flexibility index (Phi) is 3.41. The van der Waals surface area contributed by atoms with Gasteiger partial charge in [0.15, 0.2) is 11.6 Å². The molecule has 0 spiro atoms. The Bertz CT molecular complexity index is 782. The van der Waals surface area contributed by atoms with E-state index >= 15 is 0 Å². The van der Waals surface area contributed by atoms with E-state index < -0.39 is 0 Å². The summed E-state index contributed by atoms with van der Waals surface area (Å²) in [6.45, 7) is 1.92. The summed E-state index contributed by atoms with van der Waals surface area (Å²) in [5, 5.41) is 7.68. The molecule has 0 amide bonds. The summed E-state index contributed by atoms with van der Waals surface area (Å²) in [5.41, 5.74) is 7.95. The van der Waals surface area contributed by atoms with Crippen molar-refractivity contribution in [3.05, 3.63) is 38.6 Å². The molecule has 2 N–H and O–H groups in total. The highest BCUT2D eigenvalue weighted by molar-refractivity contribution is 7.09. The molecule has 2 aromatic heterocycles. The number of halogens is 2. The van der Waals surface area contributed by atoms with Crippen molar-refractivity contribution in [1.82, 2.24) is 10.1 Å². The summed E-state index contributed by atoms with van der Waals surface area (Å²) in [5.74, 6) is 0.783. The number of thiazole rings is 1. The zero-order chi connectivity index (χ0) is 14.3. The first-order chi connectivity index (χ1) is 9.56. The van der Waals surface area contributed by atoms with Crippen LogP contribution in [-0.2, 0) is 0 Å². The number of rotatable bonds is 2. The molecule has 2 heterocycles. The highest BCUT2D eigenvalue weighted by Crippen LogP contribution is 2.40. The number of anilines is 1. The molecule has 0 saturated heterocycles. The molecule has 0 bridgehead atoms. The van der Waals surface area contributed by atoms with Gasteiger partial charge in [-0.2, -0.15) is 0 Å². The Balaban J connectivity index is 2.21. The average Bonchev–Trinajstić information content (AvgIpc) is 2.96. The summed E-state index contributed by atoms with van der Waals surface area (Å²) in [6, 6.07) is 5.18. The second-order valence-corrected chi connectivity index (χ2v) is 6.05. The molecule has 3 aromatic rings. The monoisotopic (exact) mass is 325 g/mol. The maximum atomic E-state index is 6.23. The van der Waals surface area contributed by atoms with Crippen LogP contribution in [-0.4, -0.2) is 10.1 Å². The van der Waals surface area contributed by atoms with Crippen molar-refractivity contribution in [2.45, 2.75) is 6.92 Å². The number of hydrogen-bond donors (Lipinski definition) is 1. The van der Waals surface area contributed by atoms with Crippen LogP contribution in [0.2, 0.25) is 10.0 Å². The van der Waals surface area contributed by atoms with Crippen LogP contribution in [0.1, 0.15) is 5.01 Å². The molecule has 0 aliphatic rings. The fourth-order valence-electron chi connectivity index (χ4n) is 1.90. The lowest BCUT2D eigenvalue weighted by atomic mass is 10.0. The molecule has 4 nitrogen and oxygen atoms in total. The Morgan fingerprint density at radius 3 is 2.75 bits per heavy atom. The molecule has 0 saturated carbocycles. The van der Waals surface area contributed by atoms with E-state index in [1.54, 1.807) is 18.2 Å². The van der Waals surface area contributed by atoms with E-state index in [1.165, 1.54) is 11.3 Å². The van der Waals surface area contributed by atoms with Crippen LogP contribution in [0.15, 0.2) is 28.1 Å². The quantitative estimate of drug-likeness (QED) is 0.744. The van der Waals surface area contributed by atoms with Crippen molar-refractivity contribution >= 4 is 40.4 Å². The van der Waals surface area contributed by atoms with E-state index in [0.717, 1.165) is 10.6 Å². The summed E-state index contributed by atoms with van der Waals surface area (Å²) < 4.78 is 5.31. The second kappa shape index (κ2) is 5.09. The van der Waals surface area contributed by atoms with Gasteiger partial charge >= 0.3 is 0 Å². The van der Waals surface area contributed by atoms with Gasteiger partial charge in [0, 0.05) is 16.0 Å². The van der Waals surface area contributed by atoms with Crippen LogP contribution in [0.3, 0.4) is 0 Å². The largest absolute Gasteiger partial charge is 0.380 e. The lowest BCUT2D eigenvalue weighted by molar-refractivity contribution is 0.435. The third kappa shape index (κ3) is 2.28. The first-order valence-corrected chi connectivity index (χ1v) is 7.33. The molecule has 3 rings (SSSR count). The Morgan fingerprint density at radius 2 is 2.10 bits per heavy atom. The van der Waals surface area contributed by atoms with E-state index in [0.29, 0.717) is 27.1 Å². The second-order valence-electron chi connectivity index (χ2n) is 4.15. The van der Waals surface area contributed by atoms with Crippen LogP contribution < -0.4 is 5.73 Å². The zero-order valence-corrected chi connectivity index (χ0v) is 12.7. The third-order valence-electron chi connectivity index (χ3n) is 2.77. The van der Waals surface area contributed by atoms with Crippen LogP contribution in [0.25, 0.3) is 22.6 Å². The van der Waals surface area contributed by atoms with E-state index in [2.05, 4.69) is 10.1 Å². The molecule has 0 atom stereocenters. The van der Waals surface area contributed by atoms with Crippen molar-refractivity contribution in [2.24, 2.45) is 0 Å². The van der Waals surface area contributed by atoms with Gasteiger partial charge in [-0.25, -0.2) is 4.98 Å². The number of hydrogen-bond acceptors (Lipinski definition) is 5. The minimum atomic E-state index is 0.273. The van der Waals surface area contributed by atoms with Gasteiger partial charge in [0.25, 0.3) is 0 Å². The Morgan fingerprint density at radius 1 is 1.30 bits per heavy atom. The number of nitrogens with two attached hydrogens (primary N) is 1. The molecule has 0 radical (unpaired) electrons. The van der Waals surface area contributed by atoms with Gasteiger partial charge in [0.1, 0.15) is 5.69 Å². The molecule has 1 aromatic carbocycles. The van der Waals surface area contributed by atoms with Crippen molar-refractivity contribution in [2.75, 3.05) is 5.73 Å². The summed E-state index contributed by atoms with van der Waals surface area (Å²) in [6.07, 6.45) is 0. The van der Waals surface area contributed by atoms with Crippen molar-refractivity contribution in [1.29, 1.82) is 0 Å². The van der Waals surface area contributed by atoms with E-state index in [-0.39, 0.29) is 5.82 Å². The lowest BCUT2D eigenvalue weighted by Crippen LogP contribution is -1.90. The maximum Gasteiger partial charge on any atom is 0.196 e. The number of nitrogen functional groups attached to an aromatic ring is 1. The maximum absolute atomic E-state index is 6.23. The number of nitrogens with zero attached hydrogens (tertiary/aromatic N) is 2. The van der Waals surface area contributed by atoms with Gasteiger partial charge in [0.05, 0.1) is 15.6 Å². The summed E-state index contributed by atoms with van der Waals surface area (Å²) in [7, 11) is 0. The lowest BCUT2D eigenvalue weighted by Gasteiger charge is -2.04. The van der Waals surface area contributed by atoms with Crippen LogP contribution in [0.4, 0.5) is 5.82 Å². The zero-order valence-electron chi connectivity index (χ0n) is 10.4. The summed E-state index contributed by atoms with van der Waals surface area (Å²) in [4.78, 5) is 4.39. The highest BCUT2D eigenvalue weighted by atomic mass is 35.5. The van der Waals surface area contributed by atoms with Crippen LogP contribution in [0, 0.1) is 6.92 Å². The van der Waals surface area contributed by atoms with E-state index in [9.17, 15) is 0 Å². The molecule has 0 aliphatic carbocycles. The van der Waals surface area contributed by atoms with Gasteiger partial charge in [-0.1, -0.05) is 34.4 Å². The fraction of sp³-hybridized carbons (Fsp3) is 0.0769. The molecular weight excluding hydrogens is 317 g/mol. The van der Waals surface area contributed by atoms with Gasteiger partial charge in [-0.05, 0) is 19.1 Å². The van der Waals surface area contributed by atoms with E-state index in [4.69, 9.17) is 33.5 Å². The predicted octanol–water partition coefficient (Wildman–Crippen LogP) is 4.66. The molecule has 0 fully saturated rings. The minimum Gasteiger partial charge on any atom is -0.380 e. The summed E-state index contributed by atoms with van der Waals surface area (Å²) >= 11 is 13.7. The van der Waals surface area contributed by atoms with Gasteiger partial charge in [-0.3, -0.25) is 0 Å². The van der Waals surface area contributed by atoms with Crippen LogP contribution in [0.5, 0.6) is 0 Å². The van der Waals surface area contributed by atoms with Crippen molar-refractivity contribution < 1.29 is 4.52 Å². The van der Waals surface area contributed by atoms with Gasteiger partial charge < -0.3 is 10.3 Å². The Labute approximate surface area is 129 Å². The van der Waals surface area contributed by atoms with Crippen LogP contribution >= 0.6 is 34.5 Å². The smallest absolute Gasteiger partial charge is 0.196 e. The van der Waals surface area contributed by atoms with Crippen molar-refractivity contribution in [3.8, 4) is 22.6 Å². The number of benzene rings is 1. The molecule has 20 heavy (non-hydrogen) atoms. The number of aromatic nitrogens is 2. The standard InChI is InChI=1S/C13H9Cl2N3OS/c1-6-17-10(5-20-6)12-11(13(16)18-19-12)8-3-2-7(14)4-9(8)15/h2-5H,1H3,(H2,16,18). The number of aryl methyl sites for hydroxylation is 1. The fourth-order valence-corrected chi connectivity index (χ4v) is 2.99. The highest BCUT2D eigenvalue weighted by Gasteiger charge is 2.21. The molecule has 0 unspecified atom stereocenters. The molecule has 7 heteroatoms. The predicted molar refractivity (Wildman–Crippen MR) is 82.2 cm³/mol. The average molecular weight is 326 g/mol. The molecule has 102 valence electrons. The SMILES string of the molecule is Cc1nc(-c2onc(N)c2-c2ccc(Cl)cc2Cl)cs1. The Hall–Kier alpha value is -1.56. The first kappa shape index (κ1) is 13.4. The third-order valence-corrected chi connectivity index (χ3v) is 4.09. The van der Waals surface area contributed by atoms with Gasteiger partial charge in [0.2, 0.25) is 0 Å². The molecular formula is C13H9Cl2N3OS.